The Morgan fingerprint density at radius 1 is 1.44 bits per heavy atom. The quantitative estimate of drug-likeness (QED) is 0.297. The summed E-state index contributed by atoms with van der Waals surface area (Å²) >= 11 is 0. The summed E-state index contributed by atoms with van der Waals surface area (Å²) in [5.74, 6) is 1.26. The largest absolute Gasteiger partial charge is 0.466 e. The second kappa shape index (κ2) is 10.4. The van der Waals surface area contributed by atoms with Gasteiger partial charge in [0.2, 0.25) is 0 Å². The molecule has 7 heteroatoms. The third-order valence-corrected chi connectivity index (χ3v) is 4.82. The highest BCUT2D eigenvalue weighted by atomic mass is 127. The molecule has 1 fully saturated rings. The average Bonchev–Trinajstić information content (AvgIpc) is 3.06. The molecule has 0 spiro atoms. The van der Waals surface area contributed by atoms with E-state index in [2.05, 4.69) is 15.6 Å². The SMILES string of the molecule is CCNC(=NCC(C)(O)c1ccco1)NCC1(CCOC)CCC1.I. The Hall–Kier alpha value is -0.800. The summed E-state index contributed by atoms with van der Waals surface area (Å²) in [5, 5.41) is 17.2. The molecular weight excluding hydrogens is 433 g/mol. The number of guanidine groups is 1. The zero-order chi connectivity index (χ0) is 17.5. The van der Waals surface area contributed by atoms with Crippen molar-refractivity contribution in [3.05, 3.63) is 24.2 Å². The monoisotopic (exact) mass is 465 g/mol. The average molecular weight is 465 g/mol. The predicted molar refractivity (Wildman–Crippen MR) is 110 cm³/mol. The van der Waals surface area contributed by atoms with Crippen molar-refractivity contribution in [3.8, 4) is 0 Å². The number of rotatable bonds is 9. The molecule has 0 bridgehead atoms. The first-order chi connectivity index (χ1) is 11.5. The molecule has 2 rings (SSSR count). The second-order valence-corrected chi connectivity index (χ2v) is 6.90. The van der Waals surface area contributed by atoms with Gasteiger partial charge in [-0.1, -0.05) is 6.42 Å². The van der Waals surface area contributed by atoms with Crippen molar-refractivity contribution in [2.75, 3.05) is 33.4 Å². The van der Waals surface area contributed by atoms with Gasteiger partial charge in [0.1, 0.15) is 11.4 Å². The van der Waals surface area contributed by atoms with Crippen LogP contribution in [0.4, 0.5) is 0 Å². The first-order valence-electron chi connectivity index (χ1n) is 8.79. The lowest BCUT2D eigenvalue weighted by Crippen LogP contribution is -2.47. The Morgan fingerprint density at radius 2 is 2.20 bits per heavy atom. The highest BCUT2D eigenvalue weighted by molar-refractivity contribution is 14.0. The molecule has 1 heterocycles. The number of furan rings is 1. The number of ether oxygens (including phenoxy) is 1. The zero-order valence-corrected chi connectivity index (χ0v) is 17.8. The van der Waals surface area contributed by atoms with Crippen LogP contribution in [0.3, 0.4) is 0 Å². The summed E-state index contributed by atoms with van der Waals surface area (Å²) in [4.78, 5) is 4.54. The van der Waals surface area contributed by atoms with Crippen LogP contribution in [-0.2, 0) is 10.3 Å². The second-order valence-electron chi connectivity index (χ2n) is 6.90. The molecule has 1 unspecified atom stereocenters. The topological polar surface area (TPSA) is 79.0 Å². The van der Waals surface area contributed by atoms with E-state index in [1.54, 1.807) is 32.4 Å². The molecule has 0 amide bonds. The minimum Gasteiger partial charge on any atom is -0.466 e. The van der Waals surface area contributed by atoms with E-state index in [1.807, 2.05) is 6.92 Å². The van der Waals surface area contributed by atoms with Gasteiger partial charge in [-0.3, -0.25) is 0 Å². The number of methoxy groups -OCH3 is 1. The molecule has 25 heavy (non-hydrogen) atoms. The number of nitrogens with zero attached hydrogens (tertiary/aromatic N) is 1. The first kappa shape index (κ1) is 22.2. The fourth-order valence-corrected chi connectivity index (χ4v) is 3.02. The summed E-state index contributed by atoms with van der Waals surface area (Å²) in [7, 11) is 1.75. The molecule has 1 atom stereocenters. The summed E-state index contributed by atoms with van der Waals surface area (Å²) in [6.45, 7) is 6.44. The molecule has 0 radical (unpaired) electrons. The lowest BCUT2D eigenvalue weighted by atomic mass is 9.67. The molecule has 1 aromatic heterocycles. The Balaban J connectivity index is 0.00000312. The summed E-state index contributed by atoms with van der Waals surface area (Å²) < 4.78 is 10.5. The lowest BCUT2D eigenvalue weighted by molar-refractivity contribution is 0.0435. The van der Waals surface area contributed by atoms with E-state index < -0.39 is 5.60 Å². The minimum atomic E-state index is -1.12. The van der Waals surface area contributed by atoms with Gasteiger partial charge in [0.05, 0.1) is 12.8 Å². The Kier molecular flexibility index (Phi) is 9.23. The molecule has 1 aliphatic carbocycles. The highest BCUT2D eigenvalue weighted by Crippen LogP contribution is 2.43. The molecular formula is C18H32IN3O3. The minimum absolute atomic E-state index is 0. The molecule has 3 N–H and O–H groups in total. The molecule has 1 aromatic rings. The van der Waals surface area contributed by atoms with E-state index in [0.29, 0.717) is 11.2 Å². The van der Waals surface area contributed by atoms with E-state index in [9.17, 15) is 5.11 Å². The van der Waals surface area contributed by atoms with E-state index in [1.165, 1.54) is 19.3 Å². The maximum Gasteiger partial charge on any atom is 0.191 e. The number of aliphatic hydroxyl groups is 1. The lowest BCUT2D eigenvalue weighted by Gasteiger charge is -2.42. The van der Waals surface area contributed by atoms with Crippen LogP contribution in [0.15, 0.2) is 27.8 Å². The maximum absolute atomic E-state index is 10.5. The van der Waals surface area contributed by atoms with Crippen molar-refractivity contribution in [3.63, 3.8) is 0 Å². The molecule has 0 saturated heterocycles. The molecule has 1 aliphatic rings. The van der Waals surface area contributed by atoms with E-state index in [0.717, 1.165) is 32.1 Å². The first-order valence-corrected chi connectivity index (χ1v) is 8.79. The number of aliphatic imine (C=N–C) groups is 1. The van der Waals surface area contributed by atoms with Gasteiger partial charge in [0, 0.05) is 26.8 Å². The van der Waals surface area contributed by atoms with Crippen molar-refractivity contribution in [2.24, 2.45) is 10.4 Å². The third-order valence-electron chi connectivity index (χ3n) is 4.82. The molecule has 144 valence electrons. The number of hydrogen-bond acceptors (Lipinski definition) is 4. The smallest absolute Gasteiger partial charge is 0.191 e. The van der Waals surface area contributed by atoms with Crippen LogP contribution in [0.25, 0.3) is 0 Å². The Morgan fingerprint density at radius 3 is 2.72 bits per heavy atom. The van der Waals surface area contributed by atoms with Crippen LogP contribution in [0.5, 0.6) is 0 Å². The molecule has 0 aliphatic heterocycles. The van der Waals surface area contributed by atoms with Gasteiger partial charge >= 0.3 is 0 Å². The zero-order valence-electron chi connectivity index (χ0n) is 15.5. The fraction of sp³-hybridized carbons (Fsp3) is 0.722. The molecule has 1 saturated carbocycles. The Bertz CT molecular complexity index is 514. The summed E-state index contributed by atoms with van der Waals surface area (Å²) in [6, 6.07) is 3.54. The normalized spacial score (nSPS) is 18.6. The Labute approximate surface area is 167 Å². The van der Waals surface area contributed by atoms with Crippen molar-refractivity contribution in [1.82, 2.24) is 10.6 Å². The van der Waals surface area contributed by atoms with Crippen LogP contribution < -0.4 is 10.6 Å². The van der Waals surface area contributed by atoms with Crippen LogP contribution in [0.1, 0.15) is 45.3 Å². The molecule has 6 nitrogen and oxygen atoms in total. The number of halogens is 1. The highest BCUT2D eigenvalue weighted by Gasteiger charge is 2.36. The third kappa shape index (κ3) is 6.45. The van der Waals surface area contributed by atoms with Gasteiger partial charge in [-0.15, -0.1) is 24.0 Å². The summed E-state index contributed by atoms with van der Waals surface area (Å²) in [6.07, 6.45) is 6.37. The van der Waals surface area contributed by atoms with Gasteiger partial charge in [0.15, 0.2) is 5.96 Å². The van der Waals surface area contributed by atoms with Crippen LogP contribution in [0.2, 0.25) is 0 Å². The van der Waals surface area contributed by atoms with Crippen molar-refractivity contribution < 1.29 is 14.3 Å². The van der Waals surface area contributed by atoms with E-state index >= 15 is 0 Å². The predicted octanol–water partition coefficient (Wildman–Crippen LogP) is 2.87. The van der Waals surface area contributed by atoms with E-state index in [4.69, 9.17) is 9.15 Å². The van der Waals surface area contributed by atoms with Gasteiger partial charge in [-0.2, -0.15) is 0 Å². The van der Waals surface area contributed by atoms with Crippen LogP contribution >= 0.6 is 24.0 Å². The van der Waals surface area contributed by atoms with Gasteiger partial charge in [0.25, 0.3) is 0 Å². The van der Waals surface area contributed by atoms with Gasteiger partial charge in [-0.25, -0.2) is 4.99 Å². The van der Waals surface area contributed by atoms with Crippen molar-refractivity contribution in [2.45, 2.75) is 45.1 Å². The van der Waals surface area contributed by atoms with Gasteiger partial charge in [-0.05, 0) is 50.7 Å². The van der Waals surface area contributed by atoms with E-state index in [-0.39, 0.29) is 30.5 Å². The fourth-order valence-electron chi connectivity index (χ4n) is 3.02. The number of hydrogen-bond donors (Lipinski definition) is 3. The number of nitrogens with one attached hydrogen (secondary N) is 2. The van der Waals surface area contributed by atoms with Crippen molar-refractivity contribution in [1.29, 1.82) is 0 Å². The maximum atomic E-state index is 10.5. The standard InChI is InChI=1S/C18H31N3O3.HI/c1-4-19-16(20-13-17(2,22)15-7-5-11-24-15)21-14-18(8-6-9-18)10-12-23-3;/h5,7,11,22H,4,6,8-10,12-14H2,1-3H3,(H2,19,20,21);1H. The van der Waals surface area contributed by atoms with Crippen LogP contribution in [-0.4, -0.2) is 44.4 Å². The van der Waals surface area contributed by atoms with Gasteiger partial charge < -0.3 is 24.9 Å². The molecule has 0 aromatic carbocycles. The van der Waals surface area contributed by atoms with Crippen molar-refractivity contribution >= 4 is 29.9 Å². The summed E-state index contributed by atoms with van der Waals surface area (Å²) in [5.41, 5.74) is -0.800. The van der Waals surface area contributed by atoms with Crippen LogP contribution in [0, 0.1) is 5.41 Å².